The second-order valence-corrected chi connectivity index (χ2v) is 5.91. The number of nitrogens with zero attached hydrogens (tertiary/aromatic N) is 3. The maximum atomic E-state index is 12.7. The number of rotatable bonds is 3. The van der Waals surface area contributed by atoms with Gasteiger partial charge in [0.15, 0.2) is 0 Å². The van der Waals surface area contributed by atoms with Crippen molar-refractivity contribution in [3.63, 3.8) is 0 Å². The highest BCUT2D eigenvalue weighted by Crippen LogP contribution is 2.15. The van der Waals surface area contributed by atoms with Crippen LogP contribution in [0.15, 0.2) is 18.3 Å². The molecule has 1 aliphatic rings. The van der Waals surface area contributed by atoms with Gasteiger partial charge in [0.05, 0.1) is 0 Å². The molecule has 6 heteroatoms. The Balaban J connectivity index is 2.18. The normalized spacial score (nSPS) is 20.1. The Kier molecular flexibility index (Phi) is 5.25. The van der Waals surface area contributed by atoms with Crippen LogP contribution in [-0.4, -0.2) is 58.4 Å². The van der Waals surface area contributed by atoms with Gasteiger partial charge in [0, 0.05) is 30.9 Å². The number of hydrogen-bond donors (Lipinski definition) is 1. The Hall–Kier alpha value is -1.53. The Labute approximate surface area is 131 Å². The zero-order chi connectivity index (χ0) is 15.4. The first-order valence-corrected chi connectivity index (χ1v) is 7.69. The van der Waals surface area contributed by atoms with E-state index in [1.807, 2.05) is 4.90 Å². The van der Waals surface area contributed by atoms with E-state index in [9.17, 15) is 4.79 Å². The van der Waals surface area contributed by atoms with Crippen molar-refractivity contribution >= 4 is 23.1 Å². The van der Waals surface area contributed by atoms with Crippen LogP contribution in [0.1, 0.15) is 35.8 Å². The van der Waals surface area contributed by atoms with Crippen LogP contribution in [0.5, 0.6) is 0 Å². The lowest BCUT2D eigenvalue weighted by Crippen LogP contribution is -2.43. The third-order valence-electron chi connectivity index (χ3n) is 3.90. The van der Waals surface area contributed by atoms with Gasteiger partial charge in [-0.2, -0.15) is 0 Å². The monoisotopic (exact) mass is 306 g/mol. The van der Waals surface area contributed by atoms with Crippen molar-refractivity contribution in [3.05, 3.63) is 29.6 Å². The molecule has 21 heavy (non-hydrogen) atoms. The van der Waals surface area contributed by atoms with Crippen molar-refractivity contribution in [1.82, 2.24) is 14.8 Å². The molecule has 1 aromatic rings. The van der Waals surface area contributed by atoms with Crippen molar-refractivity contribution in [2.75, 3.05) is 26.7 Å². The number of carbonyl (C=O) groups is 1. The molecule has 1 atom stereocenters. The minimum absolute atomic E-state index is 0.00774. The fraction of sp³-hybridized carbons (Fsp3) is 0.533. The Morgan fingerprint density at radius 2 is 2.24 bits per heavy atom. The van der Waals surface area contributed by atoms with Gasteiger partial charge in [0.1, 0.15) is 10.7 Å². The molecule has 0 aliphatic carbocycles. The molecule has 1 saturated heterocycles. The van der Waals surface area contributed by atoms with E-state index in [2.05, 4.69) is 23.9 Å². The molecule has 0 saturated carbocycles. The van der Waals surface area contributed by atoms with Crippen molar-refractivity contribution in [3.8, 4) is 0 Å². The summed E-state index contributed by atoms with van der Waals surface area (Å²) in [6.45, 7) is 4.83. The number of carbonyl (C=O) groups excluding carboxylic acids is 1. The molecular weight excluding hydrogens is 284 g/mol. The number of amides is 1. The van der Waals surface area contributed by atoms with Gasteiger partial charge in [0.25, 0.3) is 5.91 Å². The van der Waals surface area contributed by atoms with Crippen molar-refractivity contribution < 1.29 is 4.79 Å². The molecule has 1 aliphatic heterocycles. The first-order valence-electron chi connectivity index (χ1n) is 7.28. The fourth-order valence-corrected chi connectivity index (χ4v) is 2.79. The van der Waals surface area contributed by atoms with Crippen LogP contribution in [0.25, 0.3) is 0 Å². The summed E-state index contributed by atoms with van der Waals surface area (Å²) in [5, 5.41) is 0. The molecular formula is C15H22N4OS. The zero-order valence-corrected chi connectivity index (χ0v) is 13.4. The molecule has 5 nitrogen and oxygen atoms in total. The van der Waals surface area contributed by atoms with Gasteiger partial charge in [-0.1, -0.05) is 19.1 Å². The largest absolute Gasteiger partial charge is 0.389 e. The maximum absolute atomic E-state index is 12.7. The third kappa shape index (κ3) is 3.77. The van der Waals surface area contributed by atoms with E-state index in [0.717, 1.165) is 32.5 Å². The first-order chi connectivity index (χ1) is 10.0. The summed E-state index contributed by atoms with van der Waals surface area (Å²) in [7, 11) is 2.10. The molecule has 1 fully saturated rings. The SMILES string of the molecule is CCC1CN(C)CCCN1C(=O)c1ccc(C(N)=S)cn1. The number of hydrogen-bond acceptors (Lipinski definition) is 4. The molecule has 2 rings (SSSR count). The highest BCUT2D eigenvalue weighted by Gasteiger charge is 2.27. The van der Waals surface area contributed by atoms with Crippen LogP contribution in [0.2, 0.25) is 0 Å². The van der Waals surface area contributed by atoms with Gasteiger partial charge in [-0.15, -0.1) is 0 Å². The minimum atomic E-state index is -0.00774. The van der Waals surface area contributed by atoms with Gasteiger partial charge in [-0.25, -0.2) is 0 Å². The lowest BCUT2D eigenvalue weighted by Gasteiger charge is -2.30. The molecule has 2 heterocycles. The smallest absolute Gasteiger partial charge is 0.272 e. The van der Waals surface area contributed by atoms with Gasteiger partial charge in [-0.3, -0.25) is 9.78 Å². The average molecular weight is 306 g/mol. The molecule has 1 unspecified atom stereocenters. The second-order valence-electron chi connectivity index (χ2n) is 5.47. The van der Waals surface area contributed by atoms with E-state index < -0.39 is 0 Å². The average Bonchev–Trinajstić information content (AvgIpc) is 2.67. The van der Waals surface area contributed by atoms with E-state index in [4.69, 9.17) is 18.0 Å². The van der Waals surface area contributed by atoms with Gasteiger partial charge in [0.2, 0.25) is 0 Å². The molecule has 0 aromatic carbocycles. The minimum Gasteiger partial charge on any atom is -0.389 e. The van der Waals surface area contributed by atoms with Crippen molar-refractivity contribution in [2.24, 2.45) is 5.73 Å². The summed E-state index contributed by atoms with van der Waals surface area (Å²) < 4.78 is 0. The quantitative estimate of drug-likeness (QED) is 0.852. The van der Waals surface area contributed by atoms with E-state index in [1.165, 1.54) is 0 Å². The predicted octanol–water partition coefficient (Wildman–Crippen LogP) is 1.27. The van der Waals surface area contributed by atoms with Crippen LogP contribution in [0.3, 0.4) is 0 Å². The third-order valence-corrected chi connectivity index (χ3v) is 4.14. The van der Waals surface area contributed by atoms with E-state index in [1.54, 1.807) is 18.3 Å². The van der Waals surface area contributed by atoms with Crippen LogP contribution >= 0.6 is 12.2 Å². The van der Waals surface area contributed by atoms with E-state index in [0.29, 0.717) is 16.2 Å². The Bertz CT molecular complexity index is 517. The number of pyridine rings is 1. The summed E-state index contributed by atoms with van der Waals surface area (Å²) in [6.07, 6.45) is 3.51. The molecule has 0 radical (unpaired) electrons. The van der Waals surface area contributed by atoms with Crippen molar-refractivity contribution in [2.45, 2.75) is 25.8 Å². The van der Waals surface area contributed by atoms with Crippen LogP contribution in [0, 0.1) is 0 Å². The molecule has 0 bridgehead atoms. The lowest BCUT2D eigenvalue weighted by molar-refractivity contribution is 0.0669. The summed E-state index contributed by atoms with van der Waals surface area (Å²) >= 11 is 4.90. The van der Waals surface area contributed by atoms with Crippen LogP contribution in [0.4, 0.5) is 0 Å². The van der Waals surface area contributed by atoms with E-state index in [-0.39, 0.29) is 11.9 Å². The standard InChI is InChI=1S/C15H22N4OS/c1-3-12-10-18(2)7-4-8-19(12)15(20)13-6-5-11(9-17-13)14(16)21/h5-6,9,12H,3-4,7-8,10H2,1-2H3,(H2,16,21). The van der Waals surface area contributed by atoms with Gasteiger partial charge < -0.3 is 15.5 Å². The summed E-state index contributed by atoms with van der Waals surface area (Å²) in [5.74, 6) is -0.00774. The number of likely N-dealkylation sites (N-methyl/N-ethyl adjacent to an activating group) is 1. The highest BCUT2D eigenvalue weighted by molar-refractivity contribution is 7.80. The lowest BCUT2D eigenvalue weighted by atomic mass is 10.1. The predicted molar refractivity (Wildman–Crippen MR) is 87.4 cm³/mol. The molecule has 2 N–H and O–H groups in total. The Morgan fingerprint density at radius 3 is 2.81 bits per heavy atom. The van der Waals surface area contributed by atoms with E-state index >= 15 is 0 Å². The topological polar surface area (TPSA) is 62.5 Å². The zero-order valence-electron chi connectivity index (χ0n) is 12.6. The maximum Gasteiger partial charge on any atom is 0.272 e. The molecule has 1 aromatic heterocycles. The fourth-order valence-electron chi connectivity index (χ4n) is 2.67. The number of aromatic nitrogens is 1. The first kappa shape index (κ1) is 15.9. The second kappa shape index (κ2) is 6.95. The highest BCUT2D eigenvalue weighted by atomic mass is 32.1. The van der Waals surface area contributed by atoms with Crippen LogP contribution in [-0.2, 0) is 0 Å². The van der Waals surface area contributed by atoms with Crippen molar-refractivity contribution in [1.29, 1.82) is 0 Å². The summed E-state index contributed by atoms with van der Waals surface area (Å²) in [4.78, 5) is 21.4. The molecule has 1 amide bonds. The molecule has 0 spiro atoms. The number of nitrogens with two attached hydrogens (primary N) is 1. The summed E-state index contributed by atoms with van der Waals surface area (Å²) in [5.41, 5.74) is 6.69. The molecule has 114 valence electrons. The van der Waals surface area contributed by atoms with Crippen LogP contribution < -0.4 is 5.73 Å². The summed E-state index contributed by atoms with van der Waals surface area (Å²) in [6, 6.07) is 3.70. The van der Waals surface area contributed by atoms with Gasteiger partial charge in [-0.05, 0) is 38.6 Å². The number of thiocarbonyl (C=S) groups is 1. The Morgan fingerprint density at radius 1 is 1.48 bits per heavy atom. The van der Waals surface area contributed by atoms with Gasteiger partial charge >= 0.3 is 0 Å².